The molecular formula is C14H12F4N2. The summed E-state index contributed by atoms with van der Waals surface area (Å²) >= 11 is 0. The molecule has 0 aliphatic rings. The first kappa shape index (κ1) is 14.3. The van der Waals surface area contributed by atoms with Gasteiger partial charge in [0, 0.05) is 6.07 Å². The number of nitrogens with one attached hydrogen (secondary N) is 1. The number of rotatable bonds is 3. The van der Waals surface area contributed by atoms with Crippen LogP contribution in [0.5, 0.6) is 0 Å². The van der Waals surface area contributed by atoms with Crippen molar-refractivity contribution in [1.29, 1.82) is 0 Å². The molecule has 106 valence electrons. The molecular weight excluding hydrogens is 272 g/mol. The summed E-state index contributed by atoms with van der Waals surface area (Å²) in [5.41, 5.74) is 1.03. The van der Waals surface area contributed by atoms with Crippen molar-refractivity contribution in [2.24, 2.45) is 0 Å². The molecule has 2 aromatic rings. The van der Waals surface area contributed by atoms with Crippen molar-refractivity contribution in [3.63, 3.8) is 0 Å². The molecule has 0 saturated carbocycles. The van der Waals surface area contributed by atoms with E-state index in [0.29, 0.717) is 17.2 Å². The summed E-state index contributed by atoms with van der Waals surface area (Å²) in [6.07, 6.45) is 0. The number of hydrogen-bond donors (Lipinski definition) is 1. The maximum atomic E-state index is 13.4. The largest absolute Gasteiger partial charge is 0.361 e. The molecule has 1 unspecified atom stereocenters. The Bertz CT molecular complexity index is 643. The Morgan fingerprint density at radius 2 is 1.70 bits per heavy atom. The van der Waals surface area contributed by atoms with E-state index in [4.69, 9.17) is 0 Å². The van der Waals surface area contributed by atoms with Crippen molar-refractivity contribution in [3.05, 3.63) is 58.8 Å². The maximum Gasteiger partial charge on any atom is 0.251 e. The second kappa shape index (κ2) is 5.48. The fourth-order valence-corrected chi connectivity index (χ4v) is 1.71. The summed E-state index contributed by atoms with van der Waals surface area (Å²) in [7, 11) is 0. The van der Waals surface area contributed by atoms with Crippen LogP contribution < -0.4 is 5.32 Å². The zero-order chi connectivity index (χ0) is 14.9. The Morgan fingerprint density at radius 3 is 2.35 bits per heavy atom. The van der Waals surface area contributed by atoms with E-state index in [9.17, 15) is 17.6 Å². The summed E-state index contributed by atoms with van der Waals surface area (Å²) in [6, 6.07) is 4.43. The summed E-state index contributed by atoms with van der Waals surface area (Å²) in [5.74, 6) is -4.58. The van der Waals surface area contributed by atoms with Gasteiger partial charge in [-0.25, -0.2) is 13.2 Å². The van der Waals surface area contributed by atoms with Gasteiger partial charge in [0.2, 0.25) is 0 Å². The Kier molecular flexibility index (Phi) is 3.92. The number of aryl methyl sites for hydroxylation is 1. The van der Waals surface area contributed by atoms with Gasteiger partial charge in [0.1, 0.15) is 5.82 Å². The molecule has 1 aromatic carbocycles. The van der Waals surface area contributed by atoms with Crippen molar-refractivity contribution in [2.45, 2.75) is 19.9 Å². The molecule has 0 fully saturated rings. The van der Waals surface area contributed by atoms with Gasteiger partial charge in [-0.05, 0) is 31.0 Å². The minimum absolute atomic E-state index is 0.394. The second-order valence-electron chi connectivity index (χ2n) is 4.47. The van der Waals surface area contributed by atoms with E-state index in [-0.39, 0.29) is 0 Å². The number of benzene rings is 1. The number of hydrogen-bond acceptors (Lipinski definition) is 2. The van der Waals surface area contributed by atoms with Crippen molar-refractivity contribution >= 4 is 5.82 Å². The Labute approximate surface area is 113 Å². The standard InChI is InChI=1S/C14H12F4N2/c1-7-3-4-9(5-10(7)15)8(2)19-14-12(17)6-11(16)13(18)20-14/h3-6,8H,1-2H3,(H,19,20). The molecule has 2 rings (SSSR count). The molecule has 0 aliphatic carbocycles. The highest BCUT2D eigenvalue weighted by atomic mass is 19.2. The molecule has 0 amide bonds. The minimum atomic E-state index is -1.39. The summed E-state index contributed by atoms with van der Waals surface area (Å²) in [6.45, 7) is 3.25. The van der Waals surface area contributed by atoms with Crippen LogP contribution in [0, 0.1) is 30.3 Å². The summed E-state index contributed by atoms with van der Waals surface area (Å²) < 4.78 is 52.6. The predicted molar refractivity (Wildman–Crippen MR) is 67.3 cm³/mol. The molecule has 6 heteroatoms. The van der Waals surface area contributed by atoms with Crippen LogP contribution in [0.25, 0.3) is 0 Å². The Balaban J connectivity index is 2.25. The zero-order valence-corrected chi connectivity index (χ0v) is 10.8. The molecule has 1 heterocycles. The molecule has 0 aliphatic heterocycles. The predicted octanol–water partition coefficient (Wildman–Crippen LogP) is 4.12. The third-order valence-corrected chi connectivity index (χ3v) is 2.94. The van der Waals surface area contributed by atoms with Gasteiger partial charge in [-0.3, -0.25) is 0 Å². The first-order valence-electron chi connectivity index (χ1n) is 5.92. The van der Waals surface area contributed by atoms with Crippen molar-refractivity contribution in [3.8, 4) is 0 Å². The molecule has 1 aromatic heterocycles. The van der Waals surface area contributed by atoms with Gasteiger partial charge in [-0.1, -0.05) is 12.1 Å². The van der Waals surface area contributed by atoms with E-state index in [2.05, 4.69) is 10.3 Å². The van der Waals surface area contributed by atoms with Crippen molar-refractivity contribution in [2.75, 3.05) is 5.32 Å². The normalized spacial score (nSPS) is 12.3. The highest BCUT2D eigenvalue weighted by Crippen LogP contribution is 2.22. The van der Waals surface area contributed by atoms with Crippen LogP contribution >= 0.6 is 0 Å². The minimum Gasteiger partial charge on any atom is -0.361 e. The number of anilines is 1. The molecule has 1 atom stereocenters. The lowest BCUT2D eigenvalue weighted by molar-refractivity contribution is 0.465. The lowest BCUT2D eigenvalue weighted by atomic mass is 10.1. The van der Waals surface area contributed by atoms with E-state index in [1.807, 2.05) is 0 Å². The summed E-state index contributed by atoms with van der Waals surface area (Å²) in [5, 5.41) is 2.58. The smallest absolute Gasteiger partial charge is 0.251 e. The van der Waals surface area contributed by atoms with Gasteiger partial charge in [-0.15, -0.1) is 0 Å². The first-order valence-corrected chi connectivity index (χ1v) is 5.92. The Hall–Kier alpha value is -2.11. The zero-order valence-electron chi connectivity index (χ0n) is 10.8. The quantitative estimate of drug-likeness (QED) is 0.677. The van der Waals surface area contributed by atoms with E-state index >= 15 is 0 Å². The molecule has 0 bridgehead atoms. The van der Waals surface area contributed by atoms with Crippen LogP contribution in [0.3, 0.4) is 0 Å². The fourth-order valence-electron chi connectivity index (χ4n) is 1.71. The molecule has 1 N–H and O–H groups in total. The molecule has 0 spiro atoms. The number of halogens is 4. The van der Waals surface area contributed by atoms with Crippen molar-refractivity contribution in [1.82, 2.24) is 4.98 Å². The van der Waals surface area contributed by atoms with E-state index in [1.165, 1.54) is 6.07 Å². The van der Waals surface area contributed by atoms with Gasteiger partial charge in [-0.2, -0.15) is 9.37 Å². The van der Waals surface area contributed by atoms with Crippen LogP contribution in [0.4, 0.5) is 23.4 Å². The monoisotopic (exact) mass is 284 g/mol. The van der Waals surface area contributed by atoms with E-state index < -0.39 is 35.3 Å². The van der Waals surface area contributed by atoms with Crippen LogP contribution in [0.1, 0.15) is 24.1 Å². The van der Waals surface area contributed by atoms with E-state index in [0.717, 1.165) is 0 Å². The number of pyridine rings is 1. The number of aromatic nitrogens is 1. The highest BCUT2D eigenvalue weighted by molar-refractivity contribution is 5.40. The van der Waals surface area contributed by atoms with Gasteiger partial charge >= 0.3 is 0 Å². The summed E-state index contributed by atoms with van der Waals surface area (Å²) in [4.78, 5) is 3.16. The lowest BCUT2D eigenvalue weighted by Gasteiger charge is -2.16. The van der Waals surface area contributed by atoms with Gasteiger partial charge < -0.3 is 5.32 Å². The fraction of sp³-hybridized carbons (Fsp3) is 0.214. The maximum absolute atomic E-state index is 13.4. The average molecular weight is 284 g/mol. The SMILES string of the molecule is Cc1ccc(C(C)Nc2nc(F)c(F)cc2F)cc1F. The van der Waals surface area contributed by atoms with Crippen LogP contribution in [-0.4, -0.2) is 4.98 Å². The molecule has 0 saturated heterocycles. The topological polar surface area (TPSA) is 24.9 Å². The average Bonchev–Trinajstić information content (AvgIpc) is 2.39. The molecule has 0 radical (unpaired) electrons. The second-order valence-corrected chi connectivity index (χ2v) is 4.47. The van der Waals surface area contributed by atoms with Crippen LogP contribution in [0.15, 0.2) is 24.3 Å². The van der Waals surface area contributed by atoms with Crippen LogP contribution in [-0.2, 0) is 0 Å². The molecule has 20 heavy (non-hydrogen) atoms. The van der Waals surface area contributed by atoms with Crippen molar-refractivity contribution < 1.29 is 17.6 Å². The van der Waals surface area contributed by atoms with Gasteiger partial charge in [0.15, 0.2) is 17.5 Å². The Morgan fingerprint density at radius 1 is 1.00 bits per heavy atom. The lowest BCUT2D eigenvalue weighted by Crippen LogP contribution is -2.11. The van der Waals surface area contributed by atoms with Gasteiger partial charge in [0.05, 0.1) is 6.04 Å². The highest BCUT2D eigenvalue weighted by Gasteiger charge is 2.15. The number of nitrogens with zero attached hydrogens (tertiary/aromatic N) is 1. The van der Waals surface area contributed by atoms with E-state index in [1.54, 1.807) is 26.0 Å². The third-order valence-electron chi connectivity index (χ3n) is 2.94. The molecule has 2 nitrogen and oxygen atoms in total. The third kappa shape index (κ3) is 2.89. The first-order chi connectivity index (χ1) is 9.38. The van der Waals surface area contributed by atoms with Gasteiger partial charge in [0.25, 0.3) is 5.95 Å². The van der Waals surface area contributed by atoms with Crippen LogP contribution in [0.2, 0.25) is 0 Å².